The van der Waals surface area contributed by atoms with E-state index in [2.05, 4.69) is 5.16 Å². The third kappa shape index (κ3) is 6.24. The Morgan fingerprint density at radius 1 is 1.16 bits per heavy atom. The summed E-state index contributed by atoms with van der Waals surface area (Å²) >= 11 is 0. The topological polar surface area (TPSA) is 115 Å². The molecule has 0 saturated carbocycles. The Hall–Kier alpha value is -2.33. The second kappa shape index (κ2) is 8.67. The lowest BCUT2D eigenvalue weighted by Crippen LogP contribution is -2.51. The minimum atomic E-state index is -3.22. The van der Waals surface area contributed by atoms with E-state index in [1.807, 2.05) is 18.2 Å². The summed E-state index contributed by atoms with van der Waals surface area (Å²) in [7, 11) is -3.22. The van der Waals surface area contributed by atoms with Crippen molar-refractivity contribution in [1.29, 1.82) is 0 Å². The van der Waals surface area contributed by atoms with Crippen LogP contribution < -0.4 is 10.5 Å². The first-order chi connectivity index (χ1) is 11.9. The van der Waals surface area contributed by atoms with E-state index in [9.17, 15) is 13.2 Å². The smallest absolute Gasteiger partial charge is 0.263 e. The Balaban J connectivity index is 1.69. The highest BCUT2D eigenvalue weighted by atomic mass is 32.2. The number of hydrogen-bond acceptors (Lipinski definition) is 6. The van der Waals surface area contributed by atoms with Crippen molar-refractivity contribution in [2.24, 2.45) is 10.9 Å². The number of amidine groups is 1. The summed E-state index contributed by atoms with van der Waals surface area (Å²) < 4.78 is 29.6. The number of piperazine rings is 1. The Morgan fingerprint density at radius 2 is 1.80 bits per heavy atom. The monoisotopic (exact) mass is 370 g/mol. The number of nitrogens with two attached hydrogens (primary N) is 1. The molecular formula is C15H22N4O5S. The second-order valence-corrected chi connectivity index (χ2v) is 7.48. The minimum absolute atomic E-state index is 0.0469. The number of benzene rings is 1. The van der Waals surface area contributed by atoms with Gasteiger partial charge in [0.15, 0.2) is 12.4 Å². The molecule has 0 unspecified atom stereocenters. The maximum atomic E-state index is 12.0. The van der Waals surface area contributed by atoms with Gasteiger partial charge in [0.05, 0.1) is 6.26 Å². The molecule has 9 nitrogen and oxygen atoms in total. The fraction of sp³-hybridized carbons (Fsp3) is 0.467. The number of ether oxygens (including phenoxy) is 1. The highest BCUT2D eigenvalue weighted by molar-refractivity contribution is 7.88. The van der Waals surface area contributed by atoms with Crippen LogP contribution in [0.2, 0.25) is 0 Å². The summed E-state index contributed by atoms with van der Waals surface area (Å²) in [5.74, 6) is 0.493. The van der Waals surface area contributed by atoms with Crippen LogP contribution in [0, 0.1) is 0 Å². The number of sulfonamides is 1. The Labute approximate surface area is 147 Å². The first-order valence-corrected chi connectivity index (χ1v) is 9.56. The first-order valence-electron chi connectivity index (χ1n) is 7.71. The van der Waals surface area contributed by atoms with E-state index in [1.165, 1.54) is 9.21 Å². The fourth-order valence-electron chi connectivity index (χ4n) is 2.23. The van der Waals surface area contributed by atoms with Crippen LogP contribution in [0.25, 0.3) is 0 Å². The molecular weight excluding hydrogens is 348 g/mol. The van der Waals surface area contributed by atoms with Crippen LogP contribution in [0.3, 0.4) is 0 Å². The van der Waals surface area contributed by atoms with Crippen molar-refractivity contribution in [1.82, 2.24) is 9.21 Å². The molecule has 1 aliphatic rings. The highest BCUT2D eigenvalue weighted by Crippen LogP contribution is 2.08. The molecule has 2 rings (SSSR count). The summed E-state index contributed by atoms with van der Waals surface area (Å²) in [5.41, 5.74) is 5.65. The van der Waals surface area contributed by atoms with Crippen LogP contribution in [-0.4, -0.2) is 75.0 Å². The van der Waals surface area contributed by atoms with Gasteiger partial charge in [0.2, 0.25) is 10.0 Å². The summed E-state index contributed by atoms with van der Waals surface area (Å²) in [6.45, 7) is 0.995. The zero-order valence-electron chi connectivity index (χ0n) is 14.0. The quantitative estimate of drug-likeness (QED) is 0.392. The van der Waals surface area contributed by atoms with Gasteiger partial charge in [0.25, 0.3) is 5.91 Å². The van der Waals surface area contributed by atoms with Crippen molar-refractivity contribution >= 4 is 21.8 Å². The molecule has 0 aromatic heterocycles. The average Bonchev–Trinajstić information content (AvgIpc) is 2.60. The van der Waals surface area contributed by atoms with E-state index < -0.39 is 10.0 Å². The lowest BCUT2D eigenvalue weighted by molar-refractivity contribution is -0.137. The predicted octanol–water partition coefficient (Wildman–Crippen LogP) is -0.542. The zero-order valence-corrected chi connectivity index (χ0v) is 14.8. The summed E-state index contributed by atoms with van der Waals surface area (Å²) in [6, 6.07) is 9.11. The van der Waals surface area contributed by atoms with Gasteiger partial charge in [-0.15, -0.1) is 0 Å². The predicted molar refractivity (Wildman–Crippen MR) is 92.5 cm³/mol. The molecule has 10 heteroatoms. The van der Waals surface area contributed by atoms with Gasteiger partial charge in [-0.2, -0.15) is 4.31 Å². The van der Waals surface area contributed by atoms with Gasteiger partial charge in [-0.25, -0.2) is 8.42 Å². The molecule has 1 amide bonds. The fourth-order valence-corrected chi connectivity index (χ4v) is 3.06. The molecule has 1 aromatic carbocycles. The van der Waals surface area contributed by atoms with Gasteiger partial charge < -0.3 is 20.2 Å². The average molecular weight is 370 g/mol. The largest absolute Gasteiger partial charge is 0.486 e. The van der Waals surface area contributed by atoms with Crippen molar-refractivity contribution in [2.75, 3.05) is 45.6 Å². The molecule has 0 bridgehead atoms. The SMILES string of the molecule is CS(=O)(=O)N1CCN(C(=O)CO/N=C(/N)COc2ccccc2)CC1. The third-order valence-corrected chi connectivity index (χ3v) is 4.86. The van der Waals surface area contributed by atoms with Gasteiger partial charge >= 0.3 is 0 Å². The van der Waals surface area contributed by atoms with Gasteiger partial charge in [-0.1, -0.05) is 23.4 Å². The lowest BCUT2D eigenvalue weighted by Gasteiger charge is -2.32. The summed E-state index contributed by atoms with van der Waals surface area (Å²) in [5, 5.41) is 3.64. The highest BCUT2D eigenvalue weighted by Gasteiger charge is 2.26. The standard InChI is InChI=1S/C15H22N4O5S/c1-25(21,22)19-9-7-18(8-10-19)15(20)12-24-17-14(16)11-23-13-5-3-2-4-6-13/h2-6H,7-12H2,1H3,(H2,16,17). The number of rotatable bonds is 7. The summed E-state index contributed by atoms with van der Waals surface area (Å²) in [6.07, 6.45) is 1.16. The molecule has 1 saturated heterocycles. The molecule has 0 aliphatic carbocycles. The number of hydrogen-bond donors (Lipinski definition) is 1. The first kappa shape index (κ1) is 19.0. The lowest BCUT2D eigenvalue weighted by atomic mass is 10.3. The number of oxime groups is 1. The maximum absolute atomic E-state index is 12.0. The third-order valence-electron chi connectivity index (χ3n) is 3.56. The van der Waals surface area contributed by atoms with E-state index in [1.54, 1.807) is 12.1 Å². The molecule has 138 valence electrons. The van der Waals surface area contributed by atoms with Gasteiger partial charge in [-0.3, -0.25) is 4.79 Å². The van der Waals surface area contributed by atoms with Crippen LogP contribution in [0.4, 0.5) is 0 Å². The Morgan fingerprint density at radius 3 is 2.40 bits per heavy atom. The Bertz CT molecular complexity index is 700. The molecule has 0 radical (unpaired) electrons. The van der Waals surface area contributed by atoms with Crippen LogP contribution >= 0.6 is 0 Å². The molecule has 1 aromatic rings. The van der Waals surface area contributed by atoms with E-state index in [0.717, 1.165) is 6.26 Å². The van der Waals surface area contributed by atoms with Crippen molar-refractivity contribution in [3.63, 3.8) is 0 Å². The molecule has 1 fully saturated rings. The van der Waals surface area contributed by atoms with Crippen molar-refractivity contribution in [3.05, 3.63) is 30.3 Å². The van der Waals surface area contributed by atoms with Crippen molar-refractivity contribution in [3.8, 4) is 5.75 Å². The number of para-hydroxylation sites is 1. The van der Waals surface area contributed by atoms with E-state index in [0.29, 0.717) is 18.8 Å². The number of amides is 1. The van der Waals surface area contributed by atoms with E-state index in [4.69, 9.17) is 15.3 Å². The van der Waals surface area contributed by atoms with E-state index in [-0.39, 0.29) is 38.0 Å². The maximum Gasteiger partial charge on any atom is 0.263 e. The van der Waals surface area contributed by atoms with Crippen LogP contribution in [0.15, 0.2) is 35.5 Å². The van der Waals surface area contributed by atoms with Crippen molar-refractivity contribution in [2.45, 2.75) is 0 Å². The number of nitrogens with zero attached hydrogens (tertiary/aromatic N) is 3. The molecule has 1 heterocycles. The zero-order chi connectivity index (χ0) is 18.3. The molecule has 0 spiro atoms. The van der Waals surface area contributed by atoms with Crippen molar-refractivity contribution < 1.29 is 22.8 Å². The summed E-state index contributed by atoms with van der Waals surface area (Å²) in [4.78, 5) is 18.5. The normalized spacial score (nSPS) is 16.5. The number of carbonyl (C=O) groups is 1. The molecule has 25 heavy (non-hydrogen) atoms. The van der Waals surface area contributed by atoms with Gasteiger partial charge in [-0.05, 0) is 12.1 Å². The van der Waals surface area contributed by atoms with Crippen LogP contribution in [-0.2, 0) is 19.7 Å². The molecule has 2 N–H and O–H groups in total. The van der Waals surface area contributed by atoms with Crippen LogP contribution in [0.5, 0.6) is 5.75 Å². The Kier molecular flexibility index (Phi) is 6.59. The second-order valence-electron chi connectivity index (χ2n) is 5.50. The minimum Gasteiger partial charge on any atom is -0.486 e. The van der Waals surface area contributed by atoms with Gasteiger partial charge in [0, 0.05) is 26.2 Å². The molecule has 1 aliphatic heterocycles. The van der Waals surface area contributed by atoms with Crippen LogP contribution in [0.1, 0.15) is 0 Å². The van der Waals surface area contributed by atoms with Gasteiger partial charge in [0.1, 0.15) is 12.4 Å². The molecule has 0 atom stereocenters. The van der Waals surface area contributed by atoms with E-state index >= 15 is 0 Å². The number of carbonyl (C=O) groups excluding carboxylic acids is 1.